The molecule has 0 radical (unpaired) electrons. The number of hydrogen-bond acceptors (Lipinski definition) is 7. The van der Waals surface area contributed by atoms with Gasteiger partial charge in [0.15, 0.2) is 0 Å². The molecule has 9 heteroatoms. The molecule has 5 rings (SSSR count). The fourth-order valence-corrected chi connectivity index (χ4v) is 4.40. The largest absolute Gasteiger partial charge is 0.506 e. The Hall–Kier alpha value is -3.72. The first-order chi connectivity index (χ1) is 15.5. The quantitative estimate of drug-likeness (QED) is 0.601. The zero-order valence-electron chi connectivity index (χ0n) is 17.2. The van der Waals surface area contributed by atoms with E-state index in [1.165, 1.54) is 0 Å². The second kappa shape index (κ2) is 8.08. The minimum atomic E-state index is -1.29. The van der Waals surface area contributed by atoms with Crippen molar-refractivity contribution in [2.24, 2.45) is 0 Å². The second-order valence-corrected chi connectivity index (χ2v) is 8.03. The first-order valence-corrected chi connectivity index (χ1v) is 10.4. The lowest BCUT2D eigenvalue weighted by Gasteiger charge is -2.29. The van der Waals surface area contributed by atoms with Gasteiger partial charge >= 0.3 is 6.16 Å². The molecule has 0 saturated carbocycles. The van der Waals surface area contributed by atoms with Gasteiger partial charge < -0.3 is 25.2 Å². The normalized spacial score (nSPS) is 20.2. The van der Waals surface area contributed by atoms with Crippen molar-refractivity contribution in [2.75, 3.05) is 12.3 Å². The van der Waals surface area contributed by atoms with E-state index < -0.39 is 12.3 Å². The smallest absolute Gasteiger partial charge is 0.450 e. The molecule has 1 saturated heterocycles. The van der Waals surface area contributed by atoms with Crippen molar-refractivity contribution in [2.45, 2.75) is 38.1 Å². The molecule has 3 N–H and O–H groups in total. The van der Waals surface area contributed by atoms with Gasteiger partial charge in [-0.3, -0.25) is 4.79 Å². The molecule has 1 fully saturated rings. The van der Waals surface area contributed by atoms with Crippen molar-refractivity contribution >= 4 is 28.9 Å². The lowest BCUT2D eigenvalue weighted by Crippen LogP contribution is -2.28. The molecule has 0 spiro atoms. The average molecular weight is 434 g/mol. The van der Waals surface area contributed by atoms with E-state index in [2.05, 4.69) is 9.97 Å². The molecular weight excluding hydrogens is 412 g/mol. The van der Waals surface area contributed by atoms with Crippen LogP contribution in [-0.4, -0.2) is 44.7 Å². The molecule has 2 aromatic carbocycles. The molecule has 2 atom stereocenters. The highest BCUT2D eigenvalue weighted by Crippen LogP contribution is 2.33. The van der Waals surface area contributed by atoms with Crippen LogP contribution in [0.3, 0.4) is 0 Å². The number of nitrogens with zero attached hydrogens (tertiary/aromatic N) is 3. The van der Waals surface area contributed by atoms with Crippen molar-refractivity contribution in [1.82, 2.24) is 14.9 Å². The maximum Gasteiger partial charge on any atom is 0.506 e. The Balaban J connectivity index is 1.47. The predicted molar refractivity (Wildman–Crippen MR) is 115 cm³/mol. The van der Waals surface area contributed by atoms with E-state index in [9.17, 15) is 9.59 Å². The zero-order valence-corrected chi connectivity index (χ0v) is 17.2. The topological polar surface area (TPSA) is 128 Å². The number of anilines is 1. The molecule has 0 aliphatic carbocycles. The number of fused-ring (bicyclic) bond motifs is 2. The summed E-state index contributed by atoms with van der Waals surface area (Å²) in [7, 11) is 0. The summed E-state index contributed by atoms with van der Waals surface area (Å²) >= 11 is 0. The van der Waals surface area contributed by atoms with E-state index in [-0.39, 0.29) is 23.7 Å². The van der Waals surface area contributed by atoms with Gasteiger partial charge in [-0.25, -0.2) is 14.8 Å². The monoisotopic (exact) mass is 434 g/mol. The molecule has 1 amide bonds. The maximum absolute atomic E-state index is 13.4. The van der Waals surface area contributed by atoms with Crippen LogP contribution < -0.4 is 5.73 Å². The Labute approximate surface area is 183 Å². The first-order valence-electron chi connectivity index (χ1n) is 10.4. The summed E-state index contributed by atoms with van der Waals surface area (Å²) in [6.07, 6.45) is -1.17. The summed E-state index contributed by atoms with van der Waals surface area (Å²) in [6.45, 7) is 1.41. The van der Waals surface area contributed by atoms with Crippen LogP contribution >= 0.6 is 0 Å². The molecule has 2 aliphatic rings. The Morgan fingerprint density at radius 1 is 1.12 bits per heavy atom. The number of nitrogens with two attached hydrogens (primary N) is 1. The Morgan fingerprint density at radius 3 is 2.59 bits per heavy atom. The molecule has 32 heavy (non-hydrogen) atoms. The van der Waals surface area contributed by atoms with Crippen LogP contribution in [0.1, 0.15) is 46.1 Å². The summed E-state index contributed by atoms with van der Waals surface area (Å²) in [5.41, 5.74) is 9.76. The van der Waals surface area contributed by atoms with E-state index >= 15 is 0 Å². The van der Waals surface area contributed by atoms with Crippen LogP contribution in [0.25, 0.3) is 10.9 Å². The number of aromatic nitrogens is 2. The number of hydrogen-bond donors (Lipinski definition) is 2. The van der Waals surface area contributed by atoms with Crippen LogP contribution in [0.5, 0.6) is 0 Å². The Morgan fingerprint density at radius 2 is 1.88 bits per heavy atom. The molecule has 3 aromatic rings. The minimum absolute atomic E-state index is 0.0362. The second-order valence-electron chi connectivity index (χ2n) is 8.03. The molecule has 3 heterocycles. The third-order valence-electron chi connectivity index (χ3n) is 5.94. The van der Waals surface area contributed by atoms with Crippen molar-refractivity contribution in [3.05, 3.63) is 64.8 Å². The van der Waals surface area contributed by atoms with E-state index in [1.807, 2.05) is 36.4 Å². The van der Waals surface area contributed by atoms with E-state index in [1.54, 1.807) is 11.0 Å². The number of carboxylic acid groups (broad SMARTS) is 1. The number of carbonyl (C=O) groups excluding carboxylic acids is 1. The Bertz CT molecular complexity index is 1190. The van der Waals surface area contributed by atoms with Gasteiger partial charge in [-0.05, 0) is 28.8 Å². The molecule has 2 aliphatic heterocycles. The van der Waals surface area contributed by atoms with Gasteiger partial charge in [0.1, 0.15) is 11.8 Å². The maximum atomic E-state index is 13.4. The third kappa shape index (κ3) is 3.82. The number of amides is 1. The average Bonchev–Trinajstić information content (AvgIpc) is 3.22. The summed E-state index contributed by atoms with van der Waals surface area (Å²) in [5, 5.41) is 9.51. The van der Waals surface area contributed by atoms with E-state index in [0.29, 0.717) is 43.4 Å². The van der Waals surface area contributed by atoms with Gasteiger partial charge in [0.25, 0.3) is 5.91 Å². The van der Waals surface area contributed by atoms with Gasteiger partial charge in [0.2, 0.25) is 5.95 Å². The van der Waals surface area contributed by atoms with E-state index in [4.69, 9.17) is 20.3 Å². The number of rotatable bonds is 3. The fourth-order valence-electron chi connectivity index (χ4n) is 4.40. The van der Waals surface area contributed by atoms with Crippen LogP contribution in [0, 0.1) is 0 Å². The van der Waals surface area contributed by atoms with Gasteiger partial charge in [0, 0.05) is 31.3 Å². The molecule has 9 nitrogen and oxygen atoms in total. The SMILES string of the molecule is Nc1nc(C(=O)N2Cc3ccccc3C2)c2cc(C3CC(OC(=O)O)CCO3)ccc2n1. The van der Waals surface area contributed by atoms with Gasteiger partial charge in [-0.15, -0.1) is 0 Å². The van der Waals surface area contributed by atoms with Gasteiger partial charge in [-0.2, -0.15) is 0 Å². The number of nitrogen functional groups attached to an aromatic ring is 1. The zero-order chi connectivity index (χ0) is 22.2. The highest BCUT2D eigenvalue weighted by atomic mass is 16.7. The van der Waals surface area contributed by atoms with Crippen LogP contribution in [0.15, 0.2) is 42.5 Å². The molecule has 164 valence electrons. The van der Waals surface area contributed by atoms with Crippen molar-refractivity contribution in [3.63, 3.8) is 0 Å². The Kier molecular flexibility index (Phi) is 5.10. The van der Waals surface area contributed by atoms with Crippen LogP contribution in [0.4, 0.5) is 10.7 Å². The summed E-state index contributed by atoms with van der Waals surface area (Å²) in [4.78, 5) is 34.6. The predicted octanol–water partition coefficient (Wildman–Crippen LogP) is 3.28. The van der Waals surface area contributed by atoms with Crippen LogP contribution in [0.2, 0.25) is 0 Å². The van der Waals surface area contributed by atoms with Crippen LogP contribution in [-0.2, 0) is 22.6 Å². The lowest BCUT2D eigenvalue weighted by atomic mass is 9.97. The molecule has 2 unspecified atom stereocenters. The highest BCUT2D eigenvalue weighted by molar-refractivity contribution is 6.05. The molecular formula is C23H22N4O5. The van der Waals surface area contributed by atoms with Gasteiger partial charge in [0.05, 0.1) is 18.2 Å². The fraction of sp³-hybridized carbons (Fsp3) is 0.304. The number of carbonyl (C=O) groups is 2. The number of benzene rings is 2. The van der Waals surface area contributed by atoms with Gasteiger partial charge in [-0.1, -0.05) is 30.3 Å². The summed E-state index contributed by atoms with van der Waals surface area (Å²) in [6, 6.07) is 13.4. The highest BCUT2D eigenvalue weighted by Gasteiger charge is 2.29. The van der Waals surface area contributed by atoms with Crippen molar-refractivity contribution in [1.29, 1.82) is 0 Å². The van der Waals surface area contributed by atoms with Crippen molar-refractivity contribution in [3.8, 4) is 0 Å². The first kappa shape index (κ1) is 20.2. The lowest BCUT2D eigenvalue weighted by molar-refractivity contribution is -0.0591. The van der Waals surface area contributed by atoms with E-state index in [0.717, 1.165) is 16.7 Å². The molecule has 0 bridgehead atoms. The number of ether oxygens (including phenoxy) is 2. The molecule has 1 aromatic heterocycles. The van der Waals surface area contributed by atoms with Crippen molar-refractivity contribution < 1.29 is 24.2 Å². The summed E-state index contributed by atoms with van der Waals surface area (Å²) < 4.78 is 10.8. The standard InChI is InChI=1S/C23H22N4O5/c24-22-25-18-6-5-13(19-10-16(7-8-31-19)32-23(29)30)9-17(18)20(26-22)21(28)27-11-14-3-1-2-4-15(14)12-27/h1-6,9,16,19H,7-8,10-12H2,(H,29,30)(H2,24,25,26). The summed E-state index contributed by atoms with van der Waals surface area (Å²) in [5.74, 6) is -0.178. The minimum Gasteiger partial charge on any atom is -0.450 e. The third-order valence-corrected chi connectivity index (χ3v) is 5.94.